The molecular weight excluding hydrogens is 329 g/mol. The van der Waals surface area contributed by atoms with Crippen molar-refractivity contribution in [3.05, 3.63) is 29.3 Å². The van der Waals surface area contributed by atoms with Crippen LogP contribution in [0.3, 0.4) is 0 Å². The molecule has 0 saturated carbocycles. The summed E-state index contributed by atoms with van der Waals surface area (Å²) in [7, 11) is 0. The molecule has 3 aliphatic heterocycles. The average molecular weight is 354 g/mol. The van der Waals surface area contributed by atoms with Crippen molar-refractivity contribution in [2.75, 3.05) is 24.5 Å². The molecule has 138 valence electrons. The van der Waals surface area contributed by atoms with Crippen LogP contribution in [0.15, 0.2) is 18.2 Å². The number of rotatable bonds is 0. The number of halogens is 3. The molecule has 0 aliphatic carbocycles. The second-order valence-corrected chi connectivity index (χ2v) is 7.06. The van der Waals surface area contributed by atoms with Crippen LogP contribution in [0.2, 0.25) is 0 Å². The third kappa shape index (κ3) is 2.70. The topological polar surface area (TPSA) is 23.6 Å². The number of nitrogens with zero attached hydrogens (tertiary/aromatic N) is 2. The lowest BCUT2D eigenvalue weighted by Crippen LogP contribution is -2.58. The monoisotopic (exact) mass is 354 g/mol. The van der Waals surface area contributed by atoms with E-state index in [1.54, 1.807) is 0 Å². The van der Waals surface area contributed by atoms with Gasteiger partial charge in [0.15, 0.2) is 0 Å². The van der Waals surface area contributed by atoms with Gasteiger partial charge in [0.1, 0.15) is 0 Å². The molecule has 3 aliphatic rings. The SMILES string of the molecule is CC.CC12CN(C(=O)C(F)(F)F)CCC1N1CCCc3cccc2c31. The highest BCUT2D eigenvalue weighted by atomic mass is 19.4. The number of fused-ring (bicyclic) bond motifs is 3. The van der Waals surface area contributed by atoms with E-state index in [0.717, 1.165) is 29.8 Å². The molecule has 0 bridgehead atoms. The summed E-state index contributed by atoms with van der Waals surface area (Å²) < 4.78 is 38.4. The van der Waals surface area contributed by atoms with Gasteiger partial charge in [0, 0.05) is 36.8 Å². The van der Waals surface area contributed by atoms with Crippen molar-refractivity contribution in [1.29, 1.82) is 0 Å². The minimum atomic E-state index is -4.79. The molecule has 2 unspecified atom stereocenters. The Labute approximate surface area is 146 Å². The summed E-state index contributed by atoms with van der Waals surface area (Å²) in [6.45, 7) is 7.29. The van der Waals surface area contributed by atoms with Crippen LogP contribution in [0.4, 0.5) is 18.9 Å². The minimum Gasteiger partial charge on any atom is -0.367 e. The molecule has 3 nitrogen and oxygen atoms in total. The van der Waals surface area contributed by atoms with Crippen LogP contribution in [0, 0.1) is 0 Å². The molecule has 0 radical (unpaired) electrons. The summed E-state index contributed by atoms with van der Waals surface area (Å²) in [5.41, 5.74) is 3.19. The summed E-state index contributed by atoms with van der Waals surface area (Å²) in [5.74, 6) is -1.71. The third-order valence-electron chi connectivity index (χ3n) is 5.70. The van der Waals surface area contributed by atoms with Crippen molar-refractivity contribution < 1.29 is 18.0 Å². The number of hydrogen-bond acceptors (Lipinski definition) is 2. The molecule has 1 saturated heterocycles. The van der Waals surface area contributed by atoms with Gasteiger partial charge in [-0.25, -0.2) is 0 Å². The maximum absolute atomic E-state index is 12.8. The highest BCUT2D eigenvalue weighted by molar-refractivity contribution is 5.82. The lowest BCUT2D eigenvalue weighted by atomic mass is 9.74. The number of hydrogen-bond donors (Lipinski definition) is 0. The smallest absolute Gasteiger partial charge is 0.367 e. The van der Waals surface area contributed by atoms with E-state index in [1.807, 2.05) is 32.9 Å². The highest BCUT2D eigenvalue weighted by Gasteiger charge is 2.54. The van der Waals surface area contributed by atoms with Crippen LogP contribution in [0.25, 0.3) is 0 Å². The number of piperidine rings is 1. The van der Waals surface area contributed by atoms with Gasteiger partial charge < -0.3 is 9.80 Å². The number of alkyl halides is 3. The fourth-order valence-corrected chi connectivity index (χ4v) is 4.75. The first kappa shape index (κ1) is 18.1. The molecule has 25 heavy (non-hydrogen) atoms. The van der Waals surface area contributed by atoms with Crippen molar-refractivity contribution in [2.24, 2.45) is 0 Å². The molecule has 0 aromatic heterocycles. The van der Waals surface area contributed by atoms with Gasteiger partial charge in [0.2, 0.25) is 0 Å². The lowest BCUT2D eigenvalue weighted by Gasteiger charge is -2.45. The maximum Gasteiger partial charge on any atom is 0.471 e. The lowest BCUT2D eigenvalue weighted by molar-refractivity contribution is -0.187. The van der Waals surface area contributed by atoms with Crippen molar-refractivity contribution in [3.63, 3.8) is 0 Å². The first-order chi connectivity index (χ1) is 11.8. The molecule has 0 spiro atoms. The van der Waals surface area contributed by atoms with E-state index in [9.17, 15) is 18.0 Å². The fourth-order valence-electron chi connectivity index (χ4n) is 4.75. The van der Waals surface area contributed by atoms with Crippen molar-refractivity contribution in [1.82, 2.24) is 4.90 Å². The molecule has 1 fully saturated rings. The number of amides is 1. The predicted octanol–water partition coefficient (Wildman–Crippen LogP) is 3.90. The van der Waals surface area contributed by atoms with Gasteiger partial charge in [-0.15, -0.1) is 0 Å². The van der Waals surface area contributed by atoms with Gasteiger partial charge in [-0.1, -0.05) is 39.0 Å². The molecule has 1 amide bonds. The first-order valence-corrected chi connectivity index (χ1v) is 9.07. The second kappa shape index (κ2) is 6.22. The van der Waals surface area contributed by atoms with Gasteiger partial charge in [-0.2, -0.15) is 13.2 Å². The van der Waals surface area contributed by atoms with Crippen molar-refractivity contribution >= 4 is 11.6 Å². The fraction of sp³-hybridized carbons (Fsp3) is 0.632. The largest absolute Gasteiger partial charge is 0.471 e. The van der Waals surface area contributed by atoms with Crippen molar-refractivity contribution in [3.8, 4) is 0 Å². The van der Waals surface area contributed by atoms with Crippen LogP contribution in [0.5, 0.6) is 0 Å². The standard InChI is InChI=1S/C17H19F3N2O.C2H6/c1-16-10-21(15(23)17(18,19)20)9-7-13(16)22-8-3-5-11-4-2-6-12(16)14(11)22;1-2/h2,4,6,13H,3,5,7-10H2,1H3;1-2H3. The molecule has 4 rings (SSSR count). The normalized spacial score (nSPS) is 27.2. The van der Waals surface area contributed by atoms with E-state index in [-0.39, 0.29) is 19.1 Å². The Balaban J connectivity index is 0.000000880. The number of carbonyl (C=O) groups is 1. The zero-order valence-electron chi connectivity index (χ0n) is 15.0. The molecule has 2 atom stereocenters. The zero-order valence-corrected chi connectivity index (χ0v) is 15.0. The number of carbonyl (C=O) groups excluding carboxylic acids is 1. The predicted molar refractivity (Wildman–Crippen MR) is 91.8 cm³/mol. The Hall–Kier alpha value is -1.72. The van der Waals surface area contributed by atoms with E-state index < -0.39 is 17.5 Å². The maximum atomic E-state index is 12.8. The van der Waals surface area contributed by atoms with Crippen molar-refractivity contribution in [2.45, 2.75) is 57.7 Å². The highest BCUT2D eigenvalue weighted by Crippen LogP contribution is 2.52. The van der Waals surface area contributed by atoms with Gasteiger partial charge >= 0.3 is 12.1 Å². The van der Waals surface area contributed by atoms with Crippen LogP contribution >= 0.6 is 0 Å². The van der Waals surface area contributed by atoms with E-state index in [0.29, 0.717) is 6.42 Å². The van der Waals surface area contributed by atoms with Gasteiger partial charge in [0.05, 0.1) is 0 Å². The second-order valence-electron chi connectivity index (χ2n) is 7.06. The average Bonchev–Trinajstić information content (AvgIpc) is 2.86. The van der Waals surface area contributed by atoms with E-state index in [4.69, 9.17) is 0 Å². The number of likely N-dealkylation sites (tertiary alicyclic amines) is 1. The Morgan fingerprint density at radius 3 is 2.64 bits per heavy atom. The number of para-hydroxylation sites is 1. The van der Waals surface area contributed by atoms with Crippen LogP contribution in [-0.2, 0) is 16.6 Å². The van der Waals surface area contributed by atoms with Crippen LogP contribution < -0.4 is 4.90 Å². The molecule has 3 heterocycles. The Morgan fingerprint density at radius 1 is 1.24 bits per heavy atom. The van der Waals surface area contributed by atoms with Crippen LogP contribution in [-0.4, -0.2) is 42.7 Å². The minimum absolute atomic E-state index is 0.142. The van der Waals surface area contributed by atoms with Gasteiger partial charge in [-0.05, 0) is 30.4 Å². The molecular formula is C19H25F3N2O. The van der Waals surface area contributed by atoms with Crippen LogP contribution in [0.1, 0.15) is 44.7 Å². The number of aryl methyl sites for hydroxylation is 1. The molecule has 0 N–H and O–H groups in total. The Kier molecular flexibility index (Phi) is 4.50. The quantitative estimate of drug-likeness (QED) is 0.705. The van der Waals surface area contributed by atoms with E-state index >= 15 is 0 Å². The van der Waals surface area contributed by atoms with Gasteiger partial charge in [-0.3, -0.25) is 4.79 Å². The Morgan fingerprint density at radius 2 is 1.96 bits per heavy atom. The van der Waals surface area contributed by atoms with Gasteiger partial charge in [0.25, 0.3) is 0 Å². The Bertz CT molecular complexity index is 673. The molecule has 6 heteroatoms. The summed E-state index contributed by atoms with van der Waals surface area (Å²) in [6.07, 6.45) is -2.10. The summed E-state index contributed by atoms with van der Waals surface area (Å²) in [5, 5.41) is 0. The van der Waals surface area contributed by atoms with E-state index in [1.165, 1.54) is 11.3 Å². The summed E-state index contributed by atoms with van der Waals surface area (Å²) in [6, 6.07) is 6.33. The molecule has 1 aromatic carbocycles. The number of benzene rings is 1. The summed E-state index contributed by atoms with van der Waals surface area (Å²) >= 11 is 0. The summed E-state index contributed by atoms with van der Waals surface area (Å²) in [4.78, 5) is 15.1. The third-order valence-corrected chi connectivity index (χ3v) is 5.70. The number of anilines is 1. The first-order valence-electron chi connectivity index (χ1n) is 9.07. The van der Waals surface area contributed by atoms with E-state index in [2.05, 4.69) is 11.0 Å². The zero-order chi connectivity index (χ0) is 18.4. The molecule has 1 aromatic rings.